The van der Waals surface area contributed by atoms with E-state index in [1.165, 1.54) is 105 Å². The van der Waals surface area contributed by atoms with Gasteiger partial charge in [-0.3, -0.25) is 9.59 Å². The number of carbonyl (C=O) groups is 2. The van der Waals surface area contributed by atoms with E-state index in [0.717, 1.165) is 69.7 Å². The van der Waals surface area contributed by atoms with E-state index in [4.69, 9.17) is 18.9 Å². The third-order valence-corrected chi connectivity index (χ3v) is 13.0. The third kappa shape index (κ3) is 24.9. The lowest BCUT2D eigenvalue weighted by atomic mass is 10.0. The average Bonchev–Trinajstić information content (AvgIpc) is 3.09. The second-order valence-corrected chi connectivity index (χ2v) is 20.2. The number of ether oxygens (including phenoxy) is 4. The minimum Gasteiger partial charge on any atom is -0.491 e. The molecule has 0 saturated heterocycles. The first-order valence-electron chi connectivity index (χ1n) is 19.0. The quantitative estimate of drug-likeness (QED) is 0.0426. The lowest BCUT2D eigenvalue weighted by Gasteiger charge is -2.11. The van der Waals surface area contributed by atoms with E-state index in [9.17, 15) is 9.59 Å². The molecule has 0 N–H and O–H groups in total. The average molecular weight is 1390 g/mol. The molecule has 0 bridgehead atoms. The summed E-state index contributed by atoms with van der Waals surface area (Å²) in [5.41, 5.74) is 0. The summed E-state index contributed by atoms with van der Waals surface area (Å²) in [7, 11) is 0. The van der Waals surface area contributed by atoms with Crippen LogP contribution in [0.2, 0.25) is 0 Å². The van der Waals surface area contributed by atoms with E-state index in [0.29, 0.717) is 12.8 Å². The van der Waals surface area contributed by atoms with Gasteiger partial charge in [-0.2, -0.15) is 0 Å². The van der Waals surface area contributed by atoms with Gasteiger partial charge in [-0.1, -0.05) is 103 Å². The summed E-state index contributed by atoms with van der Waals surface area (Å²) in [4.78, 5) is 24.0. The highest BCUT2D eigenvalue weighted by molar-refractivity contribution is 14.1. The number of halogens is 6. The van der Waals surface area contributed by atoms with Crippen LogP contribution >= 0.6 is 136 Å². The number of carbonyl (C=O) groups excluding carboxylic acids is 2. The summed E-state index contributed by atoms with van der Waals surface area (Å²) >= 11 is 14.1. The first-order valence-corrected chi connectivity index (χ1v) is 25.5. The molecule has 0 aliphatic rings. The molecular weight excluding hydrogens is 1340 g/mol. The van der Waals surface area contributed by atoms with Gasteiger partial charge in [0.05, 0.1) is 27.5 Å². The van der Waals surface area contributed by atoms with E-state index in [-0.39, 0.29) is 25.2 Å². The van der Waals surface area contributed by atoms with Crippen LogP contribution in [-0.2, 0) is 19.1 Å². The van der Waals surface area contributed by atoms with Gasteiger partial charge in [-0.25, -0.2) is 0 Å². The number of rotatable bonds is 31. The van der Waals surface area contributed by atoms with E-state index >= 15 is 0 Å². The van der Waals surface area contributed by atoms with Gasteiger partial charge < -0.3 is 18.9 Å². The van der Waals surface area contributed by atoms with E-state index < -0.39 is 0 Å². The highest BCUT2D eigenvalue weighted by Gasteiger charge is 2.10. The molecule has 52 heavy (non-hydrogen) atoms. The Labute approximate surface area is 395 Å². The SMILES string of the molecule is O=C(CCCCCCCCCCCCCCOc1c(I)cc(I)cc1I)OCCOC(=O)CCCCCCCCCCOc1c(I)cc(I)cc1I. The van der Waals surface area contributed by atoms with Gasteiger partial charge in [0.25, 0.3) is 0 Å². The Morgan fingerprint density at radius 3 is 0.904 bits per heavy atom. The molecule has 0 amide bonds. The number of hydrogen-bond donors (Lipinski definition) is 0. The highest BCUT2D eigenvalue weighted by Crippen LogP contribution is 2.31. The summed E-state index contributed by atoms with van der Waals surface area (Å²) in [6.07, 6.45) is 24.4. The summed E-state index contributed by atoms with van der Waals surface area (Å²) in [5.74, 6) is 1.66. The minimum absolute atomic E-state index is 0.150. The van der Waals surface area contributed by atoms with Gasteiger partial charge in [0.2, 0.25) is 0 Å². The van der Waals surface area contributed by atoms with Crippen LogP contribution in [0.25, 0.3) is 0 Å². The van der Waals surface area contributed by atoms with Crippen molar-refractivity contribution in [2.75, 3.05) is 26.4 Å². The number of benzene rings is 2. The molecule has 0 atom stereocenters. The van der Waals surface area contributed by atoms with E-state index in [2.05, 4.69) is 160 Å². The van der Waals surface area contributed by atoms with Crippen molar-refractivity contribution < 1.29 is 28.5 Å². The van der Waals surface area contributed by atoms with Crippen LogP contribution in [0, 0.1) is 21.4 Å². The molecule has 0 saturated carbocycles. The van der Waals surface area contributed by atoms with Crippen LogP contribution in [-0.4, -0.2) is 38.4 Å². The molecule has 0 heterocycles. The largest absolute Gasteiger partial charge is 0.491 e. The smallest absolute Gasteiger partial charge is 0.305 e. The zero-order valence-electron chi connectivity index (χ0n) is 30.4. The predicted molar refractivity (Wildman–Crippen MR) is 264 cm³/mol. The maximum absolute atomic E-state index is 12.0. The third-order valence-electron chi connectivity index (χ3n) is 8.58. The molecule has 0 aliphatic heterocycles. The first kappa shape index (κ1) is 49.5. The number of unbranched alkanes of at least 4 members (excludes halogenated alkanes) is 18. The molecular formula is C40H56I6O6. The van der Waals surface area contributed by atoms with Crippen molar-refractivity contribution >= 4 is 147 Å². The van der Waals surface area contributed by atoms with Crippen molar-refractivity contribution in [3.05, 3.63) is 45.7 Å². The lowest BCUT2D eigenvalue weighted by molar-refractivity contribution is -0.152. The fourth-order valence-corrected chi connectivity index (χ4v) is 13.5. The minimum atomic E-state index is -0.197. The Balaban J connectivity index is 1.26. The molecule has 2 rings (SSSR count). The molecule has 0 fully saturated rings. The zero-order valence-corrected chi connectivity index (χ0v) is 43.4. The Bertz CT molecular complexity index is 1250. The molecule has 0 aromatic heterocycles. The zero-order chi connectivity index (χ0) is 37.8. The fourth-order valence-electron chi connectivity index (χ4n) is 5.71. The summed E-state index contributed by atoms with van der Waals surface area (Å²) in [5, 5.41) is 0. The van der Waals surface area contributed by atoms with Crippen molar-refractivity contribution in [2.45, 2.75) is 141 Å². The van der Waals surface area contributed by atoms with Crippen LogP contribution in [0.15, 0.2) is 24.3 Å². The van der Waals surface area contributed by atoms with Gasteiger partial charge in [-0.15, -0.1) is 0 Å². The second-order valence-electron chi connectivity index (χ2n) is 13.1. The fraction of sp³-hybridized carbons (Fsp3) is 0.650. The molecule has 0 spiro atoms. The molecule has 0 unspecified atom stereocenters. The second kappa shape index (κ2) is 32.3. The Morgan fingerprint density at radius 2 is 0.615 bits per heavy atom. The lowest BCUT2D eigenvalue weighted by Crippen LogP contribution is -2.13. The van der Waals surface area contributed by atoms with Crippen LogP contribution in [0.5, 0.6) is 11.5 Å². The normalized spacial score (nSPS) is 11.1. The van der Waals surface area contributed by atoms with Gasteiger partial charge in [-0.05, 0) is 185 Å². The molecule has 6 nitrogen and oxygen atoms in total. The van der Waals surface area contributed by atoms with Gasteiger partial charge in [0.1, 0.15) is 24.7 Å². The number of hydrogen-bond acceptors (Lipinski definition) is 6. The molecule has 2 aromatic rings. The van der Waals surface area contributed by atoms with Crippen molar-refractivity contribution in [1.82, 2.24) is 0 Å². The summed E-state index contributed by atoms with van der Waals surface area (Å²) < 4.78 is 29.8. The topological polar surface area (TPSA) is 71.1 Å². The van der Waals surface area contributed by atoms with Crippen LogP contribution in [0.1, 0.15) is 141 Å². The van der Waals surface area contributed by atoms with E-state index in [1.54, 1.807) is 0 Å². The number of esters is 2. The van der Waals surface area contributed by atoms with E-state index in [1.807, 2.05) is 0 Å². The van der Waals surface area contributed by atoms with Crippen molar-refractivity contribution in [3.63, 3.8) is 0 Å². The van der Waals surface area contributed by atoms with Crippen LogP contribution in [0.4, 0.5) is 0 Å². The van der Waals surface area contributed by atoms with Crippen LogP contribution in [0.3, 0.4) is 0 Å². The maximum atomic E-state index is 12.0. The Morgan fingerprint density at radius 1 is 0.365 bits per heavy atom. The van der Waals surface area contributed by atoms with Crippen LogP contribution < -0.4 is 9.47 Å². The summed E-state index contributed by atoms with van der Waals surface area (Å²) in [6, 6.07) is 8.63. The molecule has 294 valence electrons. The van der Waals surface area contributed by atoms with Crippen molar-refractivity contribution in [2.24, 2.45) is 0 Å². The standard InChI is InChI=1S/C40H56I6O6/c41-31-27-33(43)39(34(44)28-31)51-23-19-15-11-7-4-2-1-3-5-9-13-17-21-37(47)49-25-26-50-38(48)22-18-14-10-6-8-12-16-20-24-52-40-35(45)29-32(42)30-36(40)46/h27-30H,1-26H2. The van der Waals surface area contributed by atoms with Crippen molar-refractivity contribution in [3.8, 4) is 11.5 Å². The van der Waals surface area contributed by atoms with Gasteiger partial charge >= 0.3 is 11.9 Å². The van der Waals surface area contributed by atoms with Gasteiger partial charge in [0.15, 0.2) is 0 Å². The molecule has 0 aliphatic carbocycles. The highest BCUT2D eigenvalue weighted by atomic mass is 127. The van der Waals surface area contributed by atoms with Gasteiger partial charge in [0, 0.05) is 20.0 Å². The van der Waals surface area contributed by atoms with Crippen molar-refractivity contribution in [1.29, 1.82) is 0 Å². The first-order chi connectivity index (χ1) is 25.2. The predicted octanol–water partition coefficient (Wildman–Crippen LogP) is 14.4. The Hall–Kier alpha value is 1.36. The molecule has 0 radical (unpaired) electrons. The summed E-state index contributed by atoms with van der Waals surface area (Å²) in [6.45, 7) is 1.87. The maximum Gasteiger partial charge on any atom is 0.305 e. The molecule has 12 heteroatoms. The Kier molecular flexibility index (Phi) is 30.8. The molecule has 2 aromatic carbocycles. The monoisotopic (exact) mass is 1390 g/mol.